The largest absolute Gasteiger partial charge is 0.496 e. The molecule has 8 heteroatoms. The molecule has 0 saturated heterocycles. The van der Waals surface area contributed by atoms with Gasteiger partial charge >= 0.3 is 0 Å². The maximum absolute atomic E-state index is 12.9. The minimum Gasteiger partial charge on any atom is -0.496 e. The first kappa shape index (κ1) is 18.1. The molecule has 4 rings (SSSR count). The maximum atomic E-state index is 12.9. The molecule has 1 amide bonds. The van der Waals surface area contributed by atoms with Crippen LogP contribution in [0.25, 0.3) is 5.70 Å². The lowest BCUT2D eigenvalue weighted by molar-refractivity contribution is -0.116. The predicted molar refractivity (Wildman–Crippen MR) is 110 cm³/mol. The standard InChI is InChI=1S/C19H17BrN4O2S/c1-3-27-19-22-18(25)16-12-6-4-5-7-14(12)21-17(24(16)23-19)13-10-11(20)8-9-15(13)26-2/h4-10,17H,3H2,1-2H3,(H,22,23,25)/t17-/m1/s1. The number of nitrogens with zero attached hydrogens (tertiary/aromatic N) is 3. The summed E-state index contributed by atoms with van der Waals surface area (Å²) in [6, 6.07) is 13.3. The number of amidine groups is 1. The van der Waals surface area contributed by atoms with E-state index in [1.807, 2.05) is 49.4 Å². The van der Waals surface area contributed by atoms with E-state index in [0.717, 1.165) is 26.4 Å². The van der Waals surface area contributed by atoms with E-state index in [1.54, 1.807) is 12.1 Å². The summed E-state index contributed by atoms with van der Waals surface area (Å²) in [5.74, 6) is 1.32. The predicted octanol–water partition coefficient (Wildman–Crippen LogP) is 2.35. The minimum atomic E-state index is -0.499. The molecule has 27 heavy (non-hydrogen) atoms. The number of carbonyl (C=O) groups is 1. The number of para-hydroxylation sites is 1. The van der Waals surface area contributed by atoms with Gasteiger partial charge in [-0.05, 0) is 30.0 Å². The van der Waals surface area contributed by atoms with Crippen molar-refractivity contribution < 1.29 is 9.53 Å². The molecule has 0 radical (unpaired) electrons. The van der Waals surface area contributed by atoms with Crippen LogP contribution >= 0.6 is 27.7 Å². The van der Waals surface area contributed by atoms with Crippen LogP contribution in [0.2, 0.25) is 0 Å². The van der Waals surface area contributed by atoms with Gasteiger partial charge in [0.05, 0.1) is 12.5 Å². The van der Waals surface area contributed by atoms with Crippen LogP contribution in [0, 0.1) is 0 Å². The summed E-state index contributed by atoms with van der Waals surface area (Å²) in [5, 5.41) is 11.4. The highest BCUT2D eigenvalue weighted by Gasteiger charge is 2.35. The molecule has 2 aromatic rings. The normalized spacial score (nSPS) is 18.1. The van der Waals surface area contributed by atoms with Gasteiger partial charge in [-0.1, -0.05) is 52.8 Å². The first-order chi connectivity index (χ1) is 13.1. The van der Waals surface area contributed by atoms with Gasteiger partial charge in [0.15, 0.2) is 11.3 Å². The van der Waals surface area contributed by atoms with Crippen LogP contribution in [0.5, 0.6) is 5.75 Å². The lowest BCUT2D eigenvalue weighted by atomic mass is 10.1. The first-order valence-corrected chi connectivity index (χ1v) is 10.2. The van der Waals surface area contributed by atoms with Gasteiger partial charge in [0.1, 0.15) is 11.4 Å². The second-order valence-electron chi connectivity index (χ2n) is 5.89. The van der Waals surface area contributed by atoms with Gasteiger partial charge in [-0.25, -0.2) is 5.01 Å². The Labute approximate surface area is 169 Å². The second-order valence-corrected chi connectivity index (χ2v) is 8.06. The molecule has 2 heterocycles. The summed E-state index contributed by atoms with van der Waals surface area (Å²) >= 11 is 5.00. The smallest absolute Gasteiger partial charge is 0.276 e. The number of hydrogen-bond acceptors (Lipinski definition) is 6. The highest BCUT2D eigenvalue weighted by molar-refractivity contribution is 9.10. The van der Waals surface area contributed by atoms with Crippen LogP contribution in [-0.2, 0) is 4.79 Å². The van der Waals surface area contributed by atoms with Gasteiger partial charge in [-0.2, -0.15) is 0 Å². The molecule has 0 saturated carbocycles. The summed E-state index contributed by atoms with van der Waals surface area (Å²) in [7, 11) is 1.62. The van der Waals surface area contributed by atoms with E-state index in [0.29, 0.717) is 16.6 Å². The van der Waals surface area contributed by atoms with Crippen LogP contribution < -0.4 is 20.6 Å². The fraction of sp³-hybridized carbons (Fsp3) is 0.211. The van der Waals surface area contributed by atoms with Crippen molar-refractivity contribution in [2.45, 2.75) is 13.1 Å². The number of thioether (sulfide) groups is 1. The van der Waals surface area contributed by atoms with Gasteiger partial charge in [0.25, 0.3) is 5.91 Å². The fourth-order valence-corrected chi connectivity index (χ4v) is 4.10. The second kappa shape index (κ2) is 7.36. The highest BCUT2D eigenvalue weighted by atomic mass is 79.9. The van der Waals surface area contributed by atoms with Crippen molar-refractivity contribution in [3.8, 4) is 5.75 Å². The van der Waals surface area contributed by atoms with Crippen LogP contribution in [0.4, 0.5) is 0 Å². The van der Waals surface area contributed by atoms with E-state index in [2.05, 4.69) is 26.3 Å². The molecule has 1 atom stereocenters. The Bertz CT molecular complexity index is 1070. The van der Waals surface area contributed by atoms with E-state index in [-0.39, 0.29) is 5.91 Å². The number of rotatable bonds is 3. The summed E-state index contributed by atoms with van der Waals surface area (Å²) in [4.78, 5) is 17.8. The molecular formula is C19H17BrN4O2S. The van der Waals surface area contributed by atoms with Crippen LogP contribution in [0.15, 0.2) is 57.0 Å². The fourth-order valence-electron chi connectivity index (χ4n) is 3.14. The van der Waals surface area contributed by atoms with Crippen LogP contribution in [0.1, 0.15) is 18.7 Å². The molecular weight excluding hydrogens is 428 g/mol. The zero-order valence-corrected chi connectivity index (χ0v) is 17.2. The van der Waals surface area contributed by atoms with Crippen LogP contribution in [0.3, 0.4) is 0 Å². The third kappa shape index (κ3) is 3.23. The number of hydrogen-bond donors (Lipinski definition) is 1. The van der Waals surface area contributed by atoms with Crippen molar-refractivity contribution in [2.24, 2.45) is 10.1 Å². The Morgan fingerprint density at radius 2 is 2.11 bits per heavy atom. The number of methoxy groups -OCH3 is 1. The SMILES string of the molecule is CCSC1=NN2C(=c3ccccc3=N[C@H]2c2cc(Br)ccc2OC)C(=O)N1. The molecule has 0 aromatic heterocycles. The molecule has 0 aliphatic carbocycles. The maximum Gasteiger partial charge on any atom is 0.276 e. The lowest BCUT2D eigenvalue weighted by Crippen LogP contribution is -2.50. The Kier molecular flexibility index (Phi) is 4.92. The number of ether oxygens (including phenoxy) is 1. The summed E-state index contributed by atoms with van der Waals surface area (Å²) in [6.45, 7) is 2.02. The van der Waals surface area contributed by atoms with Crippen molar-refractivity contribution in [3.05, 3.63) is 63.1 Å². The van der Waals surface area contributed by atoms with E-state index in [4.69, 9.17) is 9.73 Å². The quantitative estimate of drug-likeness (QED) is 0.788. The molecule has 138 valence electrons. The van der Waals surface area contributed by atoms with Crippen molar-refractivity contribution >= 4 is 44.5 Å². The molecule has 1 N–H and O–H groups in total. The zero-order valence-electron chi connectivity index (χ0n) is 14.8. The Balaban J connectivity index is 1.98. The van der Waals surface area contributed by atoms with E-state index >= 15 is 0 Å². The van der Waals surface area contributed by atoms with Gasteiger partial charge in [0, 0.05) is 15.3 Å². The van der Waals surface area contributed by atoms with Gasteiger partial charge in [-0.15, -0.1) is 5.10 Å². The number of carbonyl (C=O) groups excluding carboxylic acids is 1. The van der Waals surface area contributed by atoms with Crippen molar-refractivity contribution in [1.82, 2.24) is 10.3 Å². The lowest BCUT2D eigenvalue weighted by Gasteiger charge is -2.34. The van der Waals surface area contributed by atoms with E-state index in [9.17, 15) is 4.79 Å². The van der Waals surface area contributed by atoms with E-state index in [1.165, 1.54) is 11.8 Å². The monoisotopic (exact) mass is 444 g/mol. The number of nitrogens with one attached hydrogen (secondary N) is 1. The number of hydrazone groups is 1. The van der Waals surface area contributed by atoms with Gasteiger partial charge < -0.3 is 4.74 Å². The summed E-state index contributed by atoms with van der Waals surface area (Å²) < 4.78 is 6.46. The average Bonchev–Trinajstić information content (AvgIpc) is 2.67. The van der Waals surface area contributed by atoms with Gasteiger partial charge in [0.2, 0.25) is 0 Å². The molecule has 0 unspecified atom stereocenters. The molecule has 0 fully saturated rings. The highest BCUT2D eigenvalue weighted by Crippen LogP contribution is 2.36. The summed E-state index contributed by atoms with van der Waals surface area (Å²) in [6.07, 6.45) is -0.499. The molecule has 0 bridgehead atoms. The Hall–Kier alpha value is -2.32. The third-order valence-corrected chi connectivity index (χ3v) is 5.51. The van der Waals surface area contributed by atoms with Crippen molar-refractivity contribution in [3.63, 3.8) is 0 Å². The average molecular weight is 445 g/mol. The Morgan fingerprint density at radius 3 is 2.89 bits per heavy atom. The third-order valence-electron chi connectivity index (χ3n) is 4.27. The number of halogens is 1. The molecule has 2 aromatic carbocycles. The minimum absolute atomic E-state index is 0.178. The van der Waals surface area contributed by atoms with Crippen molar-refractivity contribution in [1.29, 1.82) is 0 Å². The number of amides is 1. The molecule has 0 spiro atoms. The topological polar surface area (TPSA) is 66.3 Å². The zero-order chi connectivity index (χ0) is 19.0. The van der Waals surface area contributed by atoms with E-state index < -0.39 is 6.17 Å². The Morgan fingerprint density at radius 1 is 1.30 bits per heavy atom. The molecule has 6 nitrogen and oxygen atoms in total. The number of benzene rings is 2. The van der Waals surface area contributed by atoms with Crippen molar-refractivity contribution in [2.75, 3.05) is 12.9 Å². The molecule has 2 aliphatic heterocycles. The molecule has 2 aliphatic rings. The van der Waals surface area contributed by atoms with Gasteiger partial charge in [-0.3, -0.25) is 15.1 Å². The van der Waals surface area contributed by atoms with Crippen LogP contribution in [-0.4, -0.2) is 28.9 Å². The number of fused-ring (bicyclic) bond motifs is 2. The summed E-state index contributed by atoms with van der Waals surface area (Å²) in [5.41, 5.74) is 1.33. The first-order valence-electron chi connectivity index (χ1n) is 8.45.